The van der Waals surface area contributed by atoms with E-state index in [1.807, 2.05) is 25.1 Å². The zero-order chi connectivity index (χ0) is 15.4. The lowest BCUT2D eigenvalue weighted by Gasteiger charge is -2.27. The Hall–Kier alpha value is -0.870. The minimum absolute atomic E-state index is 0.224. The first-order valence-corrected chi connectivity index (χ1v) is 9.16. The topological polar surface area (TPSA) is 52.3 Å². The standard InChI is InChI=1S/C17H27NO2S/c1-12-5-4-6-14(9-12)21(19)11-16(18)15-10-13(2)7-8-17(15)20-3/h7-8,10,12,14,16H,4-6,9,11,18H2,1-3H3. The highest BCUT2D eigenvalue weighted by molar-refractivity contribution is 7.85. The Morgan fingerprint density at radius 3 is 2.86 bits per heavy atom. The second-order valence-corrected chi connectivity index (χ2v) is 8.05. The summed E-state index contributed by atoms with van der Waals surface area (Å²) in [4.78, 5) is 0. The third-order valence-electron chi connectivity index (χ3n) is 4.39. The summed E-state index contributed by atoms with van der Waals surface area (Å²) in [6.45, 7) is 4.29. The van der Waals surface area contributed by atoms with Crippen molar-refractivity contribution >= 4 is 10.8 Å². The summed E-state index contributed by atoms with van der Waals surface area (Å²) in [6, 6.07) is 5.77. The van der Waals surface area contributed by atoms with Crippen molar-refractivity contribution in [3.05, 3.63) is 29.3 Å². The summed E-state index contributed by atoms with van der Waals surface area (Å²) in [5.41, 5.74) is 8.43. The van der Waals surface area contributed by atoms with E-state index in [2.05, 4.69) is 6.92 Å². The molecule has 2 N–H and O–H groups in total. The first-order chi connectivity index (χ1) is 10.0. The zero-order valence-electron chi connectivity index (χ0n) is 13.3. The largest absolute Gasteiger partial charge is 0.496 e. The van der Waals surface area contributed by atoms with Crippen LogP contribution in [-0.2, 0) is 10.8 Å². The molecule has 21 heavy (non-hydrogen) atoms. The van der Waals surface area contributed by atoms with Gasteiger partial charge in [-0.2, -0.15) is 0 Å². The molecule has 4 unspecified atom stereocenters. The van der Waals surface area contributed by atoms with Crippen molar-refractivity contribution in [2.24, 2.45) is 11.7 Å². The van der Waals surface area contributed by atoms with E-state index in [0.717, 1.165) is 29.7 Å². The van der Waals surface area contributed by atoms with Crippen LogP contribution in [0.4, 0.5) is 0 Å². The van der Waals surface area contributed by atoms with E-state index in [0.29, 0.717) is 16.9 Å². The lowest BCUT2D eigenvalue weighted by atomic mass is 9.91. The second kappa shape index (κ2) is 7.41. The van der Waals surface area contributed by atoms with Crippen molar-refractivity contribution in [2.45, 2.75) is 50.8 Å². The molecule has 4 heteroatoms. The molecule has 0 radical (unpaired) electrons. The molecule has 1 saturated carbocycles. The molecule has 0 spiro atoms. The van der Waals surface area contributed by atoms with E-state index in [1.165, 1.54) is 12.8 Å². The quantitative estimate of drug-likeness (QED) is 0.907. The van der Waals surface area contributed by atoms with Gasteiger partial charge in [-0.25, -0.2) is 0 Å². The van der Waals surface area contributed by atoms with Crippen LogP contribution in [0.3, 0.4) is 0 Å². The number of ether oxygens (including phenoxy) is 1. The first-order valence-electron chi connectivity index (χ1n) is 7.78. The maximum Gasteiger partial charge on any atom is 0.123 e. The maximum absolute atomic E-state index is 12.6. The highest BCUT2D eigenvalue weighted by Crippen LogP contribution is 2.30. The van der Waals surface area contributed by atoms with Gasteiger partial charge in [0.2, 0.25) is 0 Å². The summed E-state index contributed by atoms with van der Waals surface area (Å²) < 4.78 is 18.0. The van der Waals surface area contributed by atoms with Crippen LogP contribution >= 0.6 is 0 Å². The molecule has 0 saturated heterocycles. The molecule has 0 aliphatic heterocycles. The van der Waals surface area contributed by atoms with Crippen LogP contribution in [0.2, 0.25) is 0 Å². The molecule has 0 bridgehead atoms. The maximum atomic E-state index is 12.6. The van der Waals surface area contributed by atoms with E-state index in [-0.39, 0.29) is 6.04 Å². The Labute approximate surface area is 130 Å². The highest BCUT2D eigenvalue weighted by atomic mass is 32.2. The summed E-state index contributed by atoms with van der Waals surface area (Å²) >= 11 is 0. The summed E-state index contributed by atoms with van der Waals surface area (Å²) in [5.74, 6) is 2.01. The number of hydrogen-bond donors (Lipinski definition) is 1. The number of aryl methyl sites for hydroxylation is 1. The smallest absolute Gasteiger partial charge is 0.123 e. The van der Waals surface area contributed by atoms with Gasteiger partial charge in [0.05, 0.1) is 7.11 Å². The van der Waals surface area contributed by atoms with Gasteiger partial charge in [0.25, 0.3) is 0 Å². The van der Waals surface area contributed by atoms with Crippen LogP contribution in [-0.4, -0.2) is 22.3 Å². The number of hydrogen-bond acceptors (Lipinski definition) is 3. The number of benzene rings is 1. The SMILES string of the molecule is COc1ccc(C)cc1C(N)CS(=O)C1CCCC(C)C1. The van der Waals surface area contributed by atoms with Crippen molar-refractivity contribution in [1.82, 2.24) is 0 Å². The molecule has 0 amide bonds. The summed E-state index contributed by atoms with van der Waals surface area (Å²) in [7, 11) is 0.798. The Morgan fingerprint density at radius 1 is 1.43 bits per heavy atom. The molecule has 1 aromatic rings. The predicted molar refractivity (Wildman–Crippen MR) is 89.1 cm³/mol. The number of rotatable bonds is 5. The molecule has 1 aromatic carbocycles. The van der Waals surface area contributed by atoms with Gasteiger partial charge in [-0.15, -0.1) is 0 Å². The first kappa shape index (κ1) is 16.5. The van der Waals surface area contributed by atoms with Crippen LogP contribution in [0.5, 0.6) is 5.75 Å². The average molecular weight is 309 g/mol. The fourth-order valence-electron chi connectivity index (χ4n) is 3.16. The molecular weight excluding hydrogens is 282 g/mol. The van der Waals surface area contributed by atoms with Crippen LogP contribution in [0.1, 0.15) is 49.8 Å². The van der Waals surface area contributed by atoms with Gasteiger partial charge in [-0.05, 0) is 31.7 Å². The third-order valence-corrected chi connectivity index (χ3v) is 6.25. The van der Waals surface area contributed by atoms with Crippen molar-refractivity contribution in [3.63, 3.8) is 0 Å². The molecule has 1 aliphatic carbocycles. The molecule has 3 nitrogen and oxygen atoms in total. The van der Waals surface area contributed by atoms with Gasteiger partial charge >= 0.3 is 0 Å². The van der Waals surface area contributed by atoms with Gasteiger partial charge in [0.15, 0.2) is 0 Å². The number of methoxy groups -OCH3 is 1. The fraction of sp³-hybridized carbons (Fsp3) is 0.647. The van der Waals surface area contributed by atoms with Crippen LogP contribution in [0.25, 0.3) is 0 Å². The minimum atomic E-state index is -0.855. The van der Waals surface area contributed by atoms with Crippen molar-refractivity contribution in [3.8, 4) is 5.75 Å². The van der Waals surface area contributed by atoms with E-state index < -0.39 is 10.8 Å². The molecule has 1 fully saturated rings. The molecule has 4 atom stereocenters. The van der Waals surface area contributed by atoms with Gasteiger partial charge in [-0.3, -0.25) is 4.21 Å². The highest BCUT2D eigenvalue weighted by Gasteiger charge is 2.26. The van der Waals surface area contributed by atoms with Gasteiger partial charge in [-0.1, -0.05) is 37.5 Å². The molecule has 0 aromatic heterocycles. The molecule has 118 valence electrons. The lowest BCUT2D eigenvalue weighted by molar-refractivity contribution is 0.388. The van der Waals surface area contributed by atoms with E-state index >= 15 is 0 Å². The van der Waals surface area contributed by atoms with Crippen LogP contribution in [0.15, 0.2) is 18.2 Å². The Kier molecular flexibility index (Phi) is 5.82. The lowest BCUT2D eigenvalue weighted by Crippen LogP contribution is -2.29. The predicted octanol–water partition coefficient (Wildman–Crippen LogP) is 3.33. The van der Waals surface area contributed by atoms with Crippen LogP contribution < -0.4 is 10.5 Å². The second-order valence-electron chi connectivity index (χ2n) is 6.29. The number of nitrogens with two attached hydrogens (primary N) is 1. The van der Waals surface area contributed by atoms with Crippen molar-refractivity contribution < 1.29 is 8.95 Å². The zero-order valence-corrected chi connectivity index (χ0v) is 14.1. The van der Waals surface area contributed by atoms with Crippen molar-refractivity contribution in [2.75, 3.05) is 12.9 Å². The Balaban J connectivity index is 2.05. The monoisotopic (exact) mass is 309 g/mol. The van der Waals surface area contributed by atoms with Crippen LogP contribution in [0, 0.1) is 12.8 Å². The van der Waals surface area contributed by atoms with E-state index in [4.69, 9.17) is 10.5 Å². The molecule has 2 rings (SSSR count). The van der Waals surface area contributed by atoms with E-state index in [1.54, 1.807) is 7.11 Å². The Morgan fingerprint density at radius 2 is 2.19 bits per heavy atom. The normalized spacial score (nSPS) is 25.3. The minimum Gasteiger partial charge on any atom is -0.496 e. The van der Waals surface area contributed by atoms with E-state index in [9.17, 15) is 4.21 Å². The van der Waals surface area contributed by atoms with Gasteiger partial charge < -0.3 is 10.5 Å². The molecular formula is C17H27NO2S. The van der Waals surface area contributed by atoms with Crippen molar-refractivity contribution in [1.29, 1.82) is 0 Å². The van der Waals surface area contributed by atoms with Gasteiger partial charge in [0.1, 0.15) is 5.75 Å². The van der Waals surface area contributed by atoms with Gasteiger partial charge in [0, 0.05) is 33.4 Å². The molecule has 0 heterocycles. The summed E-state index contributed by atoms with van der Waals surface area (Å²) in [5, 5.41) is 0.315. The summed E-state index contributed by atoms with van der Waals surface area (Å²) in [6.07, 6.45) is 4.62. The average Bonchev–Trinajstić information content (AvgIpc) is 2.47. The fourth-order valence-corrected chi connectivity index (χ4v) is 4.94. The Bertz CT molecular complexity index is 504. The molecule has 1 aliphatic rings. The third kappa shape index (κ3) is 4.30.